The van der Waals surface area contributed by atoms with Gasteiger partial charge in [-0.3, -0.25) is 4.79 Å². The largest absolute Gasteiger partial charge is 0.497 e. The fourth-order valence-electron chi connectivity index (χ4n) is 3.41. The molecular formula is C18H29ClN2O2. The zero-order chi connectivity index (χ0) is 16.1. The molecule has 0 radical (unpaired) electrons. The highest BCUT2D eigenvalue weighted by Crippen LogP contribution is 2.30. The molecule has 0 saturated heterocycles. The lowest BCUT2D eigenvalue weighted by atomic mass is 9.98. The van der Waals surface area contributed by atoms with Gasteiger partial charge in [-0.25, -0.2) is 0 Å². The van der Waals surface area contributed by atoms with Crippen molar-refractivity contribution in [3.8, 4) is 5.75 Å². The van der Waals surface area contributed by atoms with Gasteiger partial charge in [0.15, 0.2) is 0 Å². The lowest BCUT2D eigenvalue weighted by Gasteiger charge is -2.30. The summed E-state index contributed by atoms with van der Waals surface area (Å²) < 4.78 is 5.28. The summed E-state index contributed by atoms with van der Waals surface area (Å²) >= 11 is 0. The maximum Gasteiger partial charge on any atom is 0.223 e. The first-order chi connectivity index (χ1) is 10.6. The topological polar surface area (TPSA) is 55.6 Å². The summed E-state index contributed by atoms with van der Waals surface area (Å²) in [6, 6.07) is 8.17. The van der Waals surface area contributed by atoms with E-state index in [4.69, 9.17) is 10.5 Å². The average Bonchev–Trinajstić information content (AvgIpc) is 2.93. The fourth-order valence-corrected chi connectivity index (χ4v) is 3.41. The maximum absolute atomic E-state index is 12.7. The van der Waals surface area contributed by atoms with Gasteiger partial charge in [0, 0.05) is 19.0 Å². The number of amides is 1. The summed E-state index contributed by atoms with van der Waals surface area (Å²) in [7, 11) is 1.66. The Morgan fingerprint density at radius 2 is 2.17 bits per heavy atom. The maximum atomic E-state index is 12.7. The van der Waals surface area contributed by atoms with Crippen LogP contribution in [0, 0.1) is 5.92 Å². The molecule has 1 aromatic rings. The predicted molar refractivity (Wildman–Crippen MR) is 96.0 cm³/mol. The Kier molecular flexibility index (Phi) is 7.86. The molecule has 2 N–H and O–H groups in total. The Bertz CT molecular complexity index is 510. The molecule has 0 heterocycles. The van der Waals surface area contributed by atoms with Crippen LogP contribution in [0.1, 0.15) is 51.1 Å². The Hall–Kier alpha value is -1.26. The van der Waals surface area contributed by atoms with E-state index in [1.165, 1.54) is 0 Å². The van der Waals surface area contributed by atoms with Gasteiger partial charge in [0.2, 0.25) is 5.91 Å². The second-order valence-electron chi connectivity index (χ2n) is 6.19. The minimum absolute atomic E-state index is 0. The first kappa shape index (κ1) is 19.8. The number of carbonyl (C=O) groups excluding carboxylic acids is 1. The molecule has 0 spiro atoms. The number of benzene rings is 1. The molecule has 0 aromatic heterocycles. The lowest BCUT2D eigenvalue weighted by Crippen LogP contribution is -2.36. The molecule has 2 rings (SSSR count). The summed E-state index contributed by atoms with van der Waals surface area (Å²) in [6.07, 6.45) is 3.85. The first-order valence-electron chi connectivity index (χ1n) is 8.25. The highest BCUT2D eigenvalue weighted by atomic mass is 35.5. The molecule has 1 fully saturated rings. The number of ether oxygens (including phenoxy) is 1. The van der Waals surface area contributed by atoms with Crippen molar-refractivity contribution in [2.24, 2.45) is 11.7 Å². The minimum Gasteiger partial charge on any atom is -0.497 e. The van der Waals surface area contributed by atoms with E-state index in [1.807, 2.05) is 36.1 Å². The van der Waals surface area contributed by atoms with Gasteiger partial charge in [0.1, 0.15) is 5.75 Å². The molecule has 1 aliphatic carbocycles. The molecule has 0 aliphatic heterocycles. The number of methoxy groups -OCH3 is 1. The summed E-state index contributed by atoms with van der Waals surface area (Å²) in [4.78, 5) is 14.6. The zero-order valence-corrected chi connectivity index (χ0v) is 15.1. The molecule has 1 unspecified atom stereocenters. The molecule has 1 amide bonds. The van der Waals surface area contributed by atoms with Crippen LogP contribution in [0.4, 0.5) is 0 Å². The standard InChI is InChI=1S/C18H28N2O2.ClH/c1-4-20(18(21)12-15-8-6-10-17(15)19)13(2)14-7-5-9-16(11-14)22-3;/h5,7,9,11,13,15,17H,4,6,8,10,12,19H2,1-3H3;1H/t13?,15-,17+;/m0./s1. The average molecular weight is 341 g/mol. The van der Waals surface area contributed by atoms with Crippen LogP contribution in [-0.2, 0) is 4.79 Å². The number of rotatable bonds is 6. The smallest absolute Gasteiger partial charge is 0.223 e. The van der Waals surface area contributed by atoms with Crippen LogP contribution in [0.25, 0.3) is 0 Å². The number of nitrogens with zero attached hydrogens (tertiary/aromatic N) is 1. The molecule has 3 atom stereocenters. The molecule has 4 nitrogen and oxygen atoms in total. The van der Waals surface area contributed by atoms with Gasteiger partial charge in [-0.05, 0) is 50.3 Å². The Labute approximate surface area is 145 Å². The molecule has 0 bridgehead atoms. The van der Waals surface area contributed by atoms with Crippen molar-refractivity contribution < 1.29 is 9.53 Å². The molecule has 1 saturated carbocycles. The van der Waals surface area contributed by atoms with E-state index in [9.17, 15) is 4.79 Å². The van der Waals surface area contributed by atoms with Crippen LogP contribution in [0.15, 0.2) is 24.3 Å². The van der Waals surface area contributed by atoms with Gasteiger partial charge in [-0.1, -0.05) is 18.6 Å². The van der Waals surface area contributed by atoms with Crippen LogP contribution < -0.4 is 10.5 Å². The van der Waals surface area contributed by atoms with E-state index >= 15 is 0 Å². The Morgan fingerprint density at radius 3 is 2.74 bits per heavy atom. The first-order valence-corrected chi connectivity index (χ1v) is 8.25. The normalized spacial score (nSPS) is 21.4. The molecule has 23 heavy (non-hydrogen) atoms. The fraction of sp³-hybridized carbons (Fsp3) is 0.611. The highest BCUT2D eigenvalue weighted by molar-refractivity contribution is 5.85. The third kappa shape index (κ3) is 4.85. The van der Waals surface area contributed by atoms with Crippen molar-refractivity contribution in [1.82, 2.24) is 4.90 Å². The van der Waals surface area contributed by atoms with Crippen molar-refractivity contribution >= 4 is 18.3 Å². The monoisotopic (exact) mass is 340 g/mol. The van der Waals surface area contributed by atoms with Crippen LogP contribution in [0.2, 0.25) is 0 Å². The minimum atomic E-state index is 0. The van der Waals surface area contributed by atoms with E-state index in [2.05, 4.69) is 6.92 Å². The quantitative estimate of drug-likeness (QED) is 0.861. The lowest BCUT2D eigenvalue weighted by molar-refractivity contribution is -0.134. The van der Waals surface area contributed by atoms with Gasteiger partial charge in [-0.15, -0.1) is 12.4 Å². The summed E-state index contributed by atoms with van der Waals surface area (Å²) in [5.41, 5.74) is 7.21. The number of hydrogen-bond acceptors (Lipinski definition) is 3. The van der Waals surface area contributed by atoms with Gasteiger partial charge < -0.3 is 15.4 Å². The summed E-state index contributed by atoms with van der Waals surface area (Å²) in [6.45, 7) is 4.81. The van der Waals surface area contributed by atoms with E-state index in [0.717, 1.165) is 30.6 Å². The molecule has 5 heteroatoms. The second-order valence-corrected chi connectivity index (χ2v) is 6.19. The third-order valence-corrected chi connectivity index (χ3v) is 4.86. The van der Waals surface area contributed by atoms with E-state index in [-0.39, 0.29) is 30.4 Å². The number of hydrogen-bond donors (Lipinski definition) is 1. The third-order valence-electron chi connectivity index (χ3n) is 4.86. The summed E-state index contributed by atoms with van der Waals surface area (Å²) in [5, 5.41) is 0. The van der Waals surface area contributed by atoms with Crippen molar-refractivity contribution in [2.45, 2.75) is 51.6 Å². The second kappa shape index (κ2) is 9.14. The van der Waals surface area contributed by atoms with Gasteiger partial charge in [0.25, 0.3) is 0 Å². The van der Waals surface area contributed by atoms with E-state index < -0.39 is 0 Å². The Balaban J connectivity index is 0.00000264. The number of nitrogens with two attached hydrogens (primary N) is 1. The van der Waals surface area contributed by atoms with Gasteiger partial charge >= 0.3 is 0 Å². The molecule has 1 aliphatic rings. The van der Waals surface area contributed by atoms with Crippen molar-refractivity contribution in [1.29, 1.82) is 0 Å². The molecular weight excluding hydrogens is 312 g/mol. The molecule has 1 aromatic carbocycles. The number of carbonyl (C=O) groups is 1. The van der Waals surface area contributed by atoms with Crippen molar-refractivity contribution in [3.63, 3.8) is 0 Å². The zero-order valence-electron chi connectivity index (χ0n) is 14.3. The van der Waals surface area contributed by atoms with Crippen LogP contribution in [0.3, 0.4) is 0 Å². The van der Waals surface area contributed by atoms with Crippen LogP contribution in [0.5, 0.6) is 5.75 Å². The van der Waals surface area contributed by atoms with Crippen molar-refractivity contribution in [2.75, 3.05) is 13.7 Å². The predicted octanol–water partition coefficient (Wildman–Crippen LogP) is 3.54. The SMILES string of the molecule is CCN(C(=O)C[C@@H]1CCC[C@H]1N)C(C)c1cccc(OC)c1.Cl. The molecule has 130 valence electrons. The van der Waals surface area contributed by atoms with Gasteiger partial charge in [0.05, 0.1) is 13.2 Å². The number of halogens is 1. The summed E-state index contributed by atoms with van der Waals surface area (Å²) in [5.74, 6) is 1.38. The van der Waals surface area contributed by atoms with Crippen molar-refractivity contribution in [3.05, 3.63) is 29.8 Å². The Morgan fingerprint density at radius 1 is 1.43 bits per heavy atom. The van der Waals surface area contributed by atoms with Crippen LogP contribution in [-0.4, -0.2) is 30.5 Å². The highest BCUT2D eigenvalue weighted by Gasteiger charge is 2.29. The van der Waals surface area contributed by atoms with Gasteiger partial charge in [-0.2, -0.15) is 0 Å². The van der Waals surface area contributed by atoms with E-state index in [0.29, 0.717) is 18.9 Å². The van der Waals surface area contributed by atoms with E-state index in [1.54, 1.807) is 7.11 Å². The van der Waals surface area contributed by atoms with Crippen LogP contribution >= 0.6 is 12.4 Å².